The van der Waals surface area contributed by atoms with Crippen LogP contribution in [0.2, 0.25) is 0 Å². The van der Waals surface area contributed by atoms with Gasteiger partial charge < -0.3 is 0 Å². The number of pyridine rings is 1. The van der Waals surface area contributed by atoms with Gasteiger partial charge in [-0.05, 0) is 37.3 Å². The van der Waals surface area contributed by atoms with E-state index in [0.29, 0.717) is 23.9 Å². The number of piperidine rings is 1. The van der Waals surface area contributed by atoms with Crippen molar-refractivity contribution in [3.63, 3.8) is 0 Å². The lowest BCUT2D eigenvalue weighted by molar-refractivity contribution is 0.346. The van der Waals surface area contributed by atoms with Crippen molar-refractivity contribution < 1.29 is 8.42 Å². The Labute approximate surface area is 115 Å². The number of hydrogen-bond donors (Lipinski definition) is 0. The summed E-state index contributed by atoms with van der Waals surface area (Å²) >= 11 is 0. The summed E-state index contributed by atoms with van der Waals surface area (Å²) in [4.78, 5) is 4.65. The van der Waals surface area contributed by atoms with Crippen LogP contribution in [0.4, 0.5) is 0 Å². The van der Waals surface area contributed by atoms with Crippen molar-refractivity contribution >= 4 is 10.0 Å². The molecule has 0 N–H and O–H groups in total. The van der Waals surface area contributed by atoms with E-state index < -0.39 is 10.0 Å². The maximum absolute atomic E-state index is 12.6. The molecule has 0 saturated carbocycles. The molecule has 1 aliphatic heterocycles. The first-order valence-electron chi connectivity index (χ1n) is 6.89. The Morgan fingerprint density at radius 3 is 2.37 bits per heavy atom. The van der Waals surface area contributed by atoms with Crippen molar-refractivity contribution in [2.24, 2.45) is 0 Å². The predicted octanol–water partition coefficient (Wildman–Crippen LogP) is 2.69. The van der Waals surface area contributed by atoms with Crippen LogP contribution in [0.5, 0.6) is 0 Å². The van der Waals surface area contributed by atoms with E-state index in [9.17, 15) is 8.42 Å². The van der Waals surface area contributed by atoms with Gasteiger partial charge >= 0.3 is 0 Å². The Kier molecular flexibility index (Phi) is 4.26. The number of rotatable bonds is 3. The van der Waals surface area contributed by atoms with Crippen LogP contribution in [0.15, 0.2) is 17.2 Å². The Morgan fingerprint density at radius 2 is 1.84 bits per heavy atom. The first-order chi connectivity index (χ1) is 8.93. The lowest BCUT2D eigenvalue weighted by Crippen LogP contribution is -2.36. The van der Waals surface area contributed by atoms with Gasteiger partial charge in [-0.15, -0.1) is 0 Å². The molecule has 0 amide bonds. The van der Waals surface area contributed by atoms with Crippen LogP contribution in [0.1, 0.15) is 50.3 Å². The van der Waals surface area contributed by atoms with Gasteiger partial charge in [-0.2, -0.15) is 4.31 Å². The highest BCUT2D eigenvalue weighted by Gasteiger charge is 2.27. The maximum atomic E-state index is 12.6. The Morgan fingerprint density at radius 1 is 1.21 bits per heavy atom. The monoisotopic (exact) mass is 282 g/mol. The van der Waals surface area contributed by atoms with Crippen molar-refractivity contribution in [3.05, 3.63) is 23.5 Å². The third kappa shape index (κ3) is 2.98. The zero-order valence-electron chi connectivity index (χ0n) is 11.9. The van der Waals surface area contributed by atoms with Gasteiger partial charge in [0.2, 0.25) is 10.0 Å². The molecule has 0 bridgehead atoms. The summed E-state index contributed by atoms with van der Waals surface area (Å²) in [6.07, 6.45) is 4.55. The molecule has 0 aliphatic carbocycles. The van der Waals surface area contributed by atoms with E-state index in [1.165, 1.54) is 6.20 Å². The number of nitrogens with zero attached hydrogens (tertiary/aromatic N) is 2. The van der Waals surface area contributed by atoms with Crippen LogP contribution < -0.4 is 0 Å². The molecule has 106 valence electrons. The Bertz CT molecular complexity index is 547. The van der Waals surface area contributed by atoms with E-state index >= 15 is 0 Å². The number of hydrogen-bond acceptors (Lipinski definition) is 3. The summed E-state index contributed by atoms with van der Waals surface area (Å²) in [6.45, 7) is 7.23. The summed E-state index contributed by atoms with van der Waals surface area (Å²) in [6, 6.07) is 1.89. The third-order valence-corrected chi connectivity index (χ3v) is 5.64. The molecular formula is C14H22N2O2S. The molecule has 2 rings (SSSR count). The second-order valence-electron chi connectivity index (χ2n) is 5.49. The molecule has 4 nitrogen and oxygen atoms in total. The van der Waals surface area contributed by atoms with Gasteiger partial charge in [-0.25, -0.2) is 8.42 Å². The van der Waals surface area contributed by atoms with Gasteiger partial charge in [0.25, 0.3) is 0 Å². The zero-order chi connectivity index (χ0) is 14.0. The molecule has 0 unspecified atom stereocenters. The molecule has 2 heterocycles. The Balaban J connectivity index is 2.35. The fourth-order valence-electron chi connectivity index (χ4n) is 2.40. The molecule has 5 heteroatoms. The van der Waals surface area contributed by atoms with Gasteiger partial charge in [-0.3, -0.25) is 4.98 Å². The van der Waals surface area contributed by atoms with E-state index in [4.69, 9.17) is 0 Å². The predicted molar refractivity (Wildman–Crippen MR) is 75.7 cm³/mol. The third-order valence-electron chi connectivity index (χ3n) is 3.61. The standard InChI is InChI=1S/C14H22N2O2S/c1-11(2)13-9-12(3)14(10-15-13)19(17,18)16-7-5-4-6-8-16/h9-11H,4-8H2,1-3H3. The first-order valence-corrected chi connectivity index (χ1v) is 8.33. The topological polar surface area (TPSA) is 50.3 Å². The minimum Gasteiger partial charge on any atom is -0.260 e. The van der Waals surface area contributed by atoms with Gasteiger partial charge in [0, 0.05) is 25.0 Å². The summed E-state index contributed by atoms with van der Waals surface area (Å²) < 4.78 is 26.7. The molecular weight excluding hydrogens is 260 g/mol. The number of aromatic nitrogens is 1. The lowest BCUT2D eigenvalue weighted by Gasteiger charge is -2.26. The summed E-state index contributed by atoms with van der Waals surface area (Å²) in [5.74, 6) is 0.311. The van der Waals surface area contributed by atoms with Crippen molar-refractivity contribution in [2.75, 3.05) is 13.1 Å². The second kappa shape index (κ2) is 5.59. The molecule has 1 fully saturated rings. The molecule has 1 aliphatic rings. The van der Waals surface area contributed by atoms with E-state index in [2.05, 4.69) is 18.8 Å². The maximum Gasteiger partial charge on any atom is 0.244 e. The van der Waals surface area contributed by atoms with Crippen LogP contribution in [0.3, 0.4) is 0 Å². The van der Waals surface area contributed by atoms with Crippen molar-refractivity contribution in [3.8, 4) is 0 Å². The highest BCUT2D eigenvalue weighted by atomic mass is 32.2. The largest absolute Gasteiger partial charge is 0.260 e. The van der Waals surface area contributed by atoms with Gasteiger partial charge in [0.05, 0.1) is 0 Å². The van der Waals surface area contributed by atoms with E-state index in [0.717, 1.165) is 30.5 Å². The Hall–Kier alpha value is -0.940. The van der Waals surface area contributed by atoms with Crippen LogP contribution in [0.25, 0.3) is 0 Å². The first kappa shape index (κ1) is 14.5. The average molecular weight is 282 g/mol. The van der Waals surface area contributed by atoms with Crippen LogP contribution >= 0.6 is 0 Å². The van der Waals surface area contributed by atoms with Gasteiger partial charge in [0.15, 0.2) is 0 Å². The molecule has 19 heavy (non-hydrogen) atoms. The van der Waals surface area contributed by atoms with Crippen molar-refractivity contribution in [2.45, 2.75) is 50.8 Å². The van der Waals surface area contributed by atoms with E-state index in [1.54, 1.807) is 4.31 Å². The SMILES string of the molecule is Cc1cc(C(C)C)ncc1S(=O)(=O)N1CCCCC1. The summed E-state index contributed by atoms with van der Waals surface area (Å²) in [5.41, 5.74) is 1.74. The number of sulfonamides is 1. The fraction of sp³-hybridized carbons (Fsp3) is 0.643. The molecule has 0 radical (unpaired) electrons. The van der Waals surface area contributed by atoms with Crippen LogP contribution in [-0.4, -0.2) is 30.8 Å². The smallest absolute Gasteiger partial charge is 0.244 e. The summed E-state index contributed by atoms with van der Waals surface area (Å²) in [7, 11) is -3.36. The van der Waals surface area contributed by atoms with E-state index in [-0.39, 0.29) is 0 Å². The summed E-state index contributed by atoms with van der Waals surface area (Å²) in [5, 5.41) is 0. The average Bonchev–Trinajstić information content (AvgIpc) is 2.39. The fourth-order valence-corrected chi connectivity index (χ4v) is 4.06. The highest BCUT2D eigenvalue weighted by molar-refractivity contribution is 7.89. The molecule has 0 aromatic carbocycles. The van der Waals surface area contributed by atoms with Gasteiger partial charge in [0.1, 0.15) is 4.90 Å². The van der Waals surface area contributed by atoms with Crippen LogP contribution in [0, 0.1) is 6.92 Å². The highest BCUT2D eigenvalue weighted by Crippen LogP contribution is 2.24. The normalized spacial score (nSPS) is 17.9. The van der Waals surface area contributed by atoms with E-state index in [1.807, 2.05) is 13.0 Å². The number of aryl methyl sites for hydroxylation is 1. The zero-order valence-corrected chi connectivity index (χ0v) is 12.7. The quantitative estimate of drug-likeness (QED) is 0.856. The van der Waals surface area contributed by atoms with Crippen molar-refractivity contribution in [1.29, 1.82) is 0 Å². The minimum atomic E-state index is -3.36. The molecule has 1 saturated heterocycles. The molecule has 1 aromatic rings. The molecule has 0 atom stereocenters. The molecule has 1 aromatic heterocycles. The van der Waals surface area contributed by atoms with Crippen LogP contribution in [-0.2, 0) is 10.0 Å². The molecule has 0 spiro atoms. The van der Waals surface area contributed by atoms with Crippen molar-refractivity contribution in [1.82, 2.24) is 9.29 Å². The second-order valence-corrected chi connectivity index (χ2v) is 7.40. The van der Waals surface area contributed by atoms with Gasteiger partial charge in [-0.1, -0.05) is 20.3 Å². The lowest BCUT2D eigenvalue weighted by atomic mass is 10.1. The minimum absolute atomic E-state index is 0.311.